The molecule has 0 aromatic heterocycles. The molecule has 0 atom stereocenters. The van der Waals surface area contributed by atoms with Crippen LogP contribution in [0.2, 0.25) is 0 Å². The number of para-hydroxylation sites is 1. The van der Waals surface area contributed by atoms with Gasteiger partial charge < -0.3 is 15.0 Å². The van der Waals surface area contributed by atoms with E-state index in [-0.39, 0.29) is 5.91 Å². The molecule has 0 bridgehead atoms. The number of nitrogens with one attached hydrogen (secondary N) is 1. The van der Waals surface area contributed by atoms with E-state index in [1.165, 1.54) is 0 Å². The van der Waals surface area contributed by atoms with Crippen LogP contribution in [0.4, 0.5) is 5.69 Å². The molecule has 104 valence electrons. The van der Waals surface area contributed by atoms with Gasteiger partial charge in [-0.15, -0.1) is 0 Å². The Balaban J connectivity index is 2.07. The van der Waals surface area contributed by atoms with E-state index in [1.54, 1.807) is 0 Å². The van der Waals surface area contributed by atoms with Crippen molar-refractivity contribution in [2.45, 2.75) is 6.42 Å². The van der Waals surface area contributed by atoms with Gasteiger partial charge in [-0.25, -0.2) is 0 Å². The highest BCUT2D eigenvalue weighted by Crippen LogP contribution is 2.18. The van der Waals surface area contributed by atoms with E-state index in [1.807, 2.05) is 29.2 Å². The Labute approximate surface area is 122 Å². The summed E-state index contributed by atoms with van der Waals surface area (Å²) < 4.78 is 5.28. The molecular weight excluding hydrogens is 308 g/mol. The number of carbonyl (C=O) groups excluding carboxylic acids is 1. The molecule has 1 aliphatic rings. The average Bonchev–Trinajstić information content (AvgIpc) is 2.48. The zero-order chi connectivity index (χ0) is 13.5. The maximum atomic E-state index is 12.5. The van der Waals surface area contributed by atoms with Crippen molar-refractivity contribution < 1.29 is 9.53 Å². The Morgan fingerprint density at radius 1 is 1.32 bits per heavy atom. The van der Waals surface area contributed by atoms with Crippen LogP contribution in [0.15, 0.2) is 24.3 Å². The molecular formula is C14H19BrN2O2. The molecule has 1 heterocycles. The molecule has 1 aromatic carbocycles. The summed E-state index contributed by atoms with van der Waals surface area (Å²) in [4.78, 5) is 14.3. The molecule has 0 unspecified atom stereocenters. The highest BCUT2D eigenvalue weighted by atomic mass is 79.9. The van der Waals surface area contributed by atoms with Crippen molar-refractivity contribution in [3.8, 4) is 0 Å². The Hall–Kier alpha value is -1.07. The molecule has 1 aliphatic heterocycles. The normalized spacial score (nSPS) is 15.3. The van der Waals surface area contributed by atoms with Gasteiger partial charge in [0.1, 0.15) is 0 Å². The molecule has 5 heteroatoms. The van der Waals surface area contributed by atoms with Gasteiger partial charge in [0.05, 0.1) is 18.8 Å². The minimum Gasteiger partial charge on any atom is -0.384 e. The van der Waals surface area contributed by atoms with Gasteiger partial charge in [-0.2, -0.15) is 0 Å². The quantitative estimate of drug-likeness (QED) is 0.667. The van der Waals surface area contributed by atoms with E-state index >= 15 is 0 Å². The number of rotatable bonds is 5. The van der Waals surface area contributed by atoms with Crippen LogP contribution in [-0.4, -0.2) is 49.0 Å². The van der Waals surface area contributed by atoms with E-state index in [0.717, 1.165) is 29.5 Å². The van der Waals surface area contributed by atoms with Crippen LogP contribution in [0.3, 0.4) is 0 Å². The van der Waals surface area contributed by atoms with Gasteiger partial charge in [0, 0.05) is 30.7 Å². The Morgan fingerprint density at radius 2 is 2.05 bits per heavy atom. The van der Waals surface area contributed by atoms with Crippen LogP contribution in [0.5, 0.6) is 0 Å². The fraction of sp³-hybridized carbons (Fsp3) is 0.500. The standard InChI is InChI=1S/C14H19BrN2O2/c15-6-3-7-16-13-5-2-1-4-12(13)14(18)17-8-10-19-11-9-17/h1-2,4-5,16H,3,6-11H2. The second-order valence-corrected chi connectivity index (χ2v) is 5.21. The van der Waals surface area contributed by atoms with Crippen molar-refractivity contribution in [3.05, 3.63) is 29.8 Å². The molecule has 1 aromatic rings. The summed E-state index contributed by atoms with van der Waals surface area (Å²) in [6.45, 7) is 3.47. The smallest absolute Gasteiger partial charge is 0.256 e. The molecule has 2 rings (SSSR count). The van der Waals surface area contributed by atoms with Gasteiger partial charge in [-0.1, -0.05) is 28.1 Å². The first-order valence-corrected chi connectivity index (χ1v) is 7.71. The molecule has 4 nitrogen and oxygen atoms in total. The predicted molar refractivity (Wildman–Crippen MR) is 80.1 cm³/mol. The molecule has 1 N–H and O–H groups in total. The van der Waals surface area contributed by atoms with Crippen molar-refractivity contribution in [2.75, 3.05) is 43.5 Å². The minimum absolute atomic E-state index is 0.0882. The van der Waals surface area contributed by atoms with Gasteiger partial charge in [0.25, 0.3) is 5.91 Å². The van der Waals surface area contributed by atoms with E-state index in [0.29, 0.717) is 26.3 Å². The first-order chi connectivity index (χ1) is 9.33. The van der Waals surface area contributed by atoms with Gasteiger partial charge in [0.15, 0.2) is 0 Å². The molecule has 19 heavy (non-hydrogen) atoms. The molecule has 0 radical (unpaired) electrons. The van der Waals surface area contributed by atoms with Crippen LogP contribution in [0, 0.1) is 0 Å². The van der Waals surface area contributed by atoms with Crippen LogP contribution in [-0.2, 0) is 4.74 Å². The summed E-state index contributed by atoms with van der Waals surface area (Å²) in [5.74, 6) is 0.0882. The number of carbonyl (C=O) groups is 1. The number of anilines is 1. The van der Waals surface area contributed by atoms with Crippen molar-refractivity contribution in [2.24, 2.45) is 0 Å². The second-order valence-electron chi connectivity index (χ2n) is 4.42. The van der Waals surface area contributed by atoms with E-state index in [9.17, 15) is 4.79 Å². The zero-order valence-corrected chi connectivity index (χ0v) is 12.5. The first kappa shape index (κ1) is 14.3. The van der Waals surface area contributed by atoms with Crippen molar-refractivity contribution in [1.29, 1.82) is 0 Å². The van der Waals surface area contributed by atoms with Gasteiger partial charge in [0.2, 0.25) is 0 Å². The summed E-state index contributed by atoms with van der Waals surface area (Å²) in [7, 11) is 0. The number of benzene rings is 1. The lowest BCUT2D eigenvalue weighted by Gasteiger charge is -2.27. The number of alkyl halides is 1. The SMILES string of the molecule is O=C(c1ccccc1NCCCBr)N1CCOCC1. The molecule has 0 aliphatic carbocycles. The highest BCUT2D eigenvalue weighted by Gasteiger charge is 2.20. The third kappa shape index (κ3) is 3.94. The minimum atomic E-state index is 0.0882. The number of ether oxygens (including phenoxy) is 1. The Kier molecular flexibility index (Phi) is 5.66. The van der Waals surface area contributed by atoms with E-state index < -0.39 is 0 Å². The molecule has 0 saturated carbocycles. The molecule has 1 saturated heterocycles. The topological polar surface area (TPSA) is 41.6 Å². The second kappa shape index (κ2) is 7.50. The van der Waals surface area contributed by atoms with Crippen molar-refractivity contribution >= 4 is 27.5 Å². The van der Waals surface area contributed by atoms with E-state index in [2.05, 4.69) is 21.2 Å². The van der Waals surface area contributed by atoms with Crippen LogP contribution in [0.25, 0.3) is 0 Å². The summed E-state index contributed by atoms with van der Waals surface area (Å²) in [5, 5.41) is 4.28. The fourth-order valence-corrected chi connectivity index (χ4v) is 2.33. The lowest BCUT2D eigenvalue weighted by Crippen LogP contribution is -2.40. The zero-order valence-electron chi connectivity index (χ0n) is 10.9. The predicted octanol–water partition coefficient (Wildman–Crippen LogP) is 2.36. The third-order valence-electron chi connectivity index (χ3n) is 3.08. The van der Waals surface area contributed by atoms with Gasteiger partial charge in [-0.05, 0) is 18.6 Å². The van der Waals surface area contributed by atoms with Gasteiger partial charge >= 0.3 is 0 Å². The fourth-order valence-electron chi connectivity index (χ4n) is 2.05. The average molecular weight is 327 g/mol. The third-order valence-corrected chi connectivity index (χ3v) is 3.64. The van der Waals surface area contributed by atoms with Crippen LogP contribution in [0.1, 0.15) is 16.8 Å². The largest absolute Gasteiger partial charge is 0.384 e. The number of morpholine rings is 1. The van der Waals surface area contributed by atoms with Crippen molar-refractivity contribution in [1.82, 2.24) is 4.90 Å². The van der Waals surface area contributed by atoms with E-state index in [4.69, 9.17) is 4.74 Å². The monoisotopic (exact) mass is 326 g/mol. The van der Waals surface area contributed by atoms with Crippen LogP contribution < -0.4 is 5.32 Å². The number of halogens is 1. The summed E-state index contributed by atoms with van der Waals surface area (Å²) in [6, 6.07) is 7.70. The molecule has 0 spiro atoms. The summed E-state index contributed by atoms with van der Waals surface area (Å²) in [6.07, 6.45) is 1.03. The lowest BCUT2D eigenvalue weighted by molar-refractivity contribution is 0.0303. The number of nitrogens with zero attached hydrogens (tertiary/aromatic N) is 1. The van der Waals surface area contributed by atoms with Crippen molar-refractivity contribution in [3.63, 3.8) is 0 Å². The maximum Gasteiger partial charge on any atom is 0.256 e. The van der Waals surface area contributed by atoms with Gasteiger partial charge in [-0.3, -0.25) is 4.79 Å². The van der Waals surface area contributed by atoms with Crippen LogP contribution >= 0.6 is 15.9 Å². The summed E-state index contributed by atoms with van der Waals surface area (Å²) >= 11 is 3.40. The maximum absolute atomic E-state index is 12.5. The Bertz CT molecular complexity index is 420. The number of hydrogen-bond acceptors (Lipinski definition) is 3. The highest BCUT2D eigenvalue weighted by molar-refractivity contribution is 9.09. The number of amides is 1. The summed E-state index contributed by atoms with van der Waals surface area (Å²) in [5.41, 5.74) is 1.67. The lowest BCUT2D eigenvalue weighted by atomic mass is 10.1. The molecule has 1 fully saturated rings. The first-order valence-electron chi connectivity index (χ1n) is 6.59. The Morgan fingerprint density at radius 3 is 2.79 bits per heavy atom. The molecule has 1 amide bonds. The number of hydrogen-bond donors (Lipinski definition) is 1.